The van der Waals surface area contributed by atoms with E-state index in [1.165, 1.54) is 11.6 Å². The van der Waals surface area contributed by atoms with Crippen LogP contribution in [0.25, 0.3) is 0 Å². The topological polar surface area (TPSA) is 46.9 Å². The van der Waals surface area contributed by atoms with Gasteiger partial charge in [-0.25, -0.2) is 0 Å². The maximum absolute atomic E-state index is 9.86. The molecule has 22 heavy (non-hydrogen) atoms. The summed E-state index contributed by atoms with van der Waals surface area (Å²) in [4.78, 5) is 4.71. The van der Waals surface area contributed by atoms with Gasteiger partial charge in [0, 0.05) is 50.9 Å². The summed E-state index contributed by atoms with van der Waals surface area (Å²) in [6, 6.07) is 4.78. The van der Waals surface area contributed by atoms with Gasteiger partial charge in [0.05, 0.1) is 0 Å². The second-order valence-electron chi connectivity index (χ2n) is 5.55. The molecule has 0 unspecified atom stereocenters. The number of benzene rings is 1. The van der Waals surface area contributed by atoms with E-state index in [0.29, 0.717) is 6.54 Å². The van der Waals surface area contributed by atoms with E-state index in [1.54, 1.807) is 18.2 Å². The second kappa shape index (κ2) is 7.82. The quantitative estimate of drug-likeness (QED) is 0.793. The Hall–Kier alpha value is -2.04. The Morgan fingerprint density at radius 3 is 2.36 bits per heavy atom. The molecule has 0 atom stereocenters. The molecule has 0 saturated carbocycles. The monoisotopic (exact) mass is 300 g/mol. The molecule has 1 aromatic rings. The highest BCUT2D eigenvalue weighted by molar-refractivity contribution is 5.38. The van der Waals surface area contributed by atoms with Gasteiger partial charge in [0.2, 0.25) is 0 Å². The smallest absolute Gasteiger partial charge is 0.123 e. The van der Waals surface area contributed by atoms with Crippen molar-refractivity contribution in [1.82, 2.24) is 9.80 Å². The standard InChI is InChI=1S/C18H24N2O2/c1-3-5-15(4-2)13-19-8-10-20(11-9-19)14-16-6-7-17(21)12-18(16)22/h3-7,12,21-22H,1-2,8-11,13-14H2/b15-5+. The number of phenolic OH excluding ortho intramolecular Hbond substituents is 2. The first-order valence-corrected chi connectivity index (χ1v) is 7.52. The lowest BCUT2D eigenvalue weighted by Crippen LogP contribution is -2.46. The van der Waals surface area contributed by atoms with E-state index in [9.17, 15) is 10.2 Å². The van der Waals surface area contributed by atoms with Crippen LogP contribution in [-0.4, -0.2) is 52.7 Å². The molecule has 1 aliphatic rings. The van der Waals surface area contributed by atoms with Gasteiger partial charge >= 0.3 is 0 Å². The Bertz CT molecular complexity index is 558. The molecule has 0 radical (unpaired) electrons. The van der Waals surface area contributed by atoms with Crippen molar-refractivity contribution in [1.29, 1.82) is 0 Å². The van der Waals surface area contributed by atoms with Crippen LogP contribution in [0.4, 0.5) is 0 Å². The summed E-state index contributed by atoms with van der Waals surface area (Å²) < 4.78 is 0. The summed E-state index contributed by atoms with van der Waals surface area (Å²) in [5.74, 6) is 0.252. The Morgan fingerprint density at radius 1 is 1.09 bits per heavy atom. The average molecular weight is 300 g/mol. The Labute approximate surface area is 132 Å². The fourth-order valence-electron chi connectivity index (χ4n) is 2.63. The first-order valence-electron chi connectivity index (χ1n) is 7.52. The van der Waals surface area contributed by atoms with E-state index in [0.717, 1.165) is 38.3 Å². The predicted molar refractivity (Wildman–Crippen MR) is 90.0 cm³/mol. The highest BCUT2D eigenvalue weighted by atomic mass is 16.3. The molecule has 2 N–H and O–H groups in total. The first kappa shape index (κ1) is 16.3. The maximum atomic E-state index is 9.86. The van der Waals surface area contributed by atoms with Gasteiger partial charge in [-0.15, -0.1) is 0 Å². The van der Waals surface area contributed by atoms with Crippen LogP contribution in [0.5, 0.6) is 11.5 Å². The fraction of sp³-hybridized carbons (Fsp3) is 0.333. The molecule has 4 nitrogen and oxygen atoms in total. The normalized spacial score (nSPS) is 17.4. The molecule has 1 saturated heterocycles. The molecule has 0 aromatic heterocycles. The van der Waals surface area contributed by atoms with E-state index < -0.39 is 0 Å². The van der Waals surface area contributed by atoms with E-state index in [-0.39, 0.29) is 11.5 Å². The number of piperazine rings is 1. The number of nitrogens with zero attached hydrogens (tertiary/aromatic N) is 2. The van der Waals surface area contributed by atoms with Crippen LogP contribution in [0.2, 0.25) is 0 Å². The van der Waals surface area contributed by atoms with Crippen LogP contribution >= 0.6 is 0 Å². The maximum Gasteiger partial charge on any atom is 0.123 e. The SMILES string of the molecule is C=C/C=C(\C=C)CN1CCN(Cc2ccc(O)cc2O)CC1. The zero-order valence-corrected chi connectivity index (χ0v) is 12.9. The number of rotatable bonds is 6. The molecule has 118 valence electrons. The zero-order chi connectivity index (χ0) is 15.9. The molecular formula is C18H24N2O2. The van der Waals surface area contributed by atoms with Crippen molar-refractivity contribution in [2.75, 3.05) is 32.7 Å². The molecule has 0 amide bonds. The number of hydrogen-bond acceptors (Lipinski definition) is 4. The minimum absolute atomic E-state index is 0.0945. The van der Waals surface area contributed by atoms with E-state index in [1.807, 2.05) is 12.2 Å². The molecule has 1 fully saturated rings. The van der Waals surface area contributed by atoms with Crippen molar-refractivity contribution in [2.24, 2.45) is 0 Å². The summed E-state index contributed by atoms with van der Waals surface area (Å²) in [7, 11) is 0. The van der Waals surface area contributed by atoms with Gasteiger partial charge in [-0.3, -0.25) is 9.80 Å². The van der Waals surface area contributed by atoms with Crippen molar-refractivity contribution < 1.29 is 10.2 Å². The predicted octanol–water partition coefficient (Wildman–Crippen LogP) is 2.51. The summed E-state index contributed by atoms with van der Waals surface area (Å²) in [5, 5.41) is 19.2. The highest BCUT2D eigenvalue weighted by Gasteiger charge is 2.18. The lowest BCUT2D eigenvalue weighted by atomic mass is 10.1. The number of aromatic hydroxyl groups is 2. The van der Waals surface area contributed by atoms with Gasteiger partial charge < -0.3 is 10.2 Å². The lowest BCUT2D eigenvalue weighted by Gasteiger charge is -2.35. The van der Waals surface area contributed by atoms with Crippen LogP contribution in [0.1, 0.15) is 5.56 Å². The van der Waals surface area contributed by atoms with Gasteiger partial charge in [-0.2, -0.15) is 0 Å². The van der Waals surface area contributed by atoms with Gasteiger partial charge in [-0.05, 0) is 11.6 Å². The lowest BCUT2D eigenvalue weighted by molar-refractivity contribution is 0.134. The molecule has 4 heteroatoms. The van der Waals surface area contributed by atoms with Gasteiger partial charge in [0.15, 0.2) is 0 Å². The number of phenols is 2. The van der Waals surface area contributed by atoms with Crippen LogP contribution in [0, 0.1) is 0 Å². The van der Waals surface area contributed by atoms with Crippen LogP contribution in [-0.2, 0) is 6.54 Å². The summed E-state index contributed by atoms with van der Waals surface area (Å²) in [6.45, 7) is 13.0. The van der Waals surface area contributed by atoms with E-state index in [4.69, 9.17) is 0 Å². The van der Waals surface area contributed by atoms with Gasteiger partial charge in [0.25, 0.3) is 0 Å². The van der Waals surface area contributed by atoms with Crippen molar-refractivity contribution >= 4 is 0 Å². The molecule has 2 rings (SSSR count). The Morgan fingerprint density at radius 2 is 1.77 bits per heavy atom. The molecular weight excluding hydrogens is 276 g/mol. The zero-order valence-electron chi connectivity index (χ0n) is 12.9. The third-order valence-electron chi connectivity index (χ3n) is 3.93. The van der Waals surface area contributed by atoms with E-state index in [2.05, 4.69) is 23.0 Å². The van der Waals surface area contributed by atoms with E-state index >= 15 is 0 Å². The van der Waals surface area contributed by atoms with Crippen molar-refractivity contribution in [2.45, 2.75) is 6.54 Å². The molecule has 0 aliphatic carbocycles. The minimum atomic E-state index is 0.0945. The van der Waals surface area contributed by atoms with Crippen LogP contribution < -0.4 is 0 Å². The van der Waals surface area contributed by atoms with Crippen LogP contribution in [0.15, 0.2) is 55.2 Å². The summed E-state index contributed by atoms with van der Waals surface area (Å²) in [5.41, 5.74) is 2.03. The first-order chi connectivity index (χ1) is 10.6. The van der Waals surface area contributed by atoms with Crippen molar-refractivity contribution in [3.63, 3.8) is 0 Å². The fourth-order valence-corrected chi connectivity index (χ4v) is 2.63. The Kier molecular flexibility index (Phi) is 5.81. The summed E-state index contributed by atoms with van der Waals surface area (Å²) in [6.07, 6.45) is 5.66. The van der Waals surface area contributed by atoms with Gasteiger partial charge in [-0.1, -0.05) is 37.5 Å². The minimum Gasteiger partial charge on any atom is -0.508 e. The highest BCUT2D eigenvalue weighted by Crippen LogP contribution is 2.24. The largest absolute Gasteiger partial charge is 0.508 e. The number of allylic oxidation sites excluding steroid dienone is 2. The van der Waals surface area contributed by atoms with Crippen molar-refractivity contribution in [3.05, 3.63) is 60.7 Å². The third-order valence-corrected chi connectivity index (χ3v) is 3.93. The molecule has 1 aliphatic heterocycles. The van der Waals surface area contributed by atoms with Gasteiger partial charge in [0.1, 0.15) is 11.5 Å². The molecule has 1 aromatic carbocycles. The van der Waals surface area contributed by atoms with Crippen LogP contribution in [0.3, 0.4) is 0 Å². The van der Waals surface area contributed by atoms with Crippen molar-refractivity contribution in [3.8, 4) is 11.5 Å². The molecule has 0 bridgehead atoms. The Balaban J connectivity index is 1.85. The third kappa shape index (κ3) is 4.48. The second-order valence-corrected chi connectivity index (χ2v) is 5.55. The molecule has 1 heterocycles. The molecule has 0 spiro atoms. The number of hydrogen-bond donors (Lipinski definition) is 2. The summed E-state index contributed by atoms with van der Waals surface area (Å²) >= 11 is 0. The average Bonchev–Trinajstić information content (AvgIpc) is 2.51.